The van der Waals surface area contributed by atoms with E-state index < -0.39 is 0 Å². The van der Waals surface area contributed by atoms with E-state index in [-0.39, 0.29) is 17.5 Å². The van der Waals surface area contributed by atoms with Crippen LogP contribution in [0, 0.1) is 12.3 Å². The highest BCUT2D eigenvalue weighted by Gasteiger charge is 2.19. The minimum absolute atomic E-state index is 0.0261. The fourth-order valence-corrected chi connectivity index (χ4v) is 1.61. The van der Waals surface area contributed by atoms with Crippen molar-refractivity contribution in [1.82, 2.24) is 9.55 Å². The maximum absolute atomic E-state index is 11.6. The van der Waals surface area contributed by atoms with Gasteiger partial charge in [-0.05, 0) is 19.3 Å². The number of carbonyl (C=O) groups excluding carboxylic acids is 1. The van der Waals surface area contributed by atoms with Crippen molar-refractivity contribution < 1.29 is 9.53 Å². The molecular formula is C13H22N2O2. The second-order valence-electron chi connectivity index (χ2n) is 5.66. The average Bonchev–Trinajstić information content (AvgIpc) is 2.47. The van der Waals surface area contributed by atoms with E-state index in [9.17, 15) is 4.79 Å². The highest BCUT2D eigenvalue weighted by Crippen LogP contribution is 2.19. The van der Waals surface area contributed by atoms with Gasteiger partial charge in [-0.1, -0.05) is 20.8 Å². The molecular weight excluding hydrogens is 216 g/mol. The van der Waals surface area contributed by atoms with Crippen molar-refractivity contribution in [3.8, 4) is 0 Å². The Morgan fingerprint density at radius 1 is 1.53 bits per heavy atom. The van der Waals surface area contributed by atoms with E-state index in [0.717, 1.165) is 5.82 Å². The van der Waals surface area contributed by atoms with Crippen LogP contribution in [0.25, 0.3) is 0 Å². The van der Waals surface area contributed by atoms with Crippen LogP contribution < -0.4 is 0 Å². The van der Waals surface area contributed by atoms with Gasteiger partial charge < -0.3 is 9.30 Å². The van der Waals surface area contributed by atoms with E-state index in [1.165, 1.54) is 0 Å². The van der Waals surface area contributed by atoms with Crippen LogP contribution in [0.15, 0.2) is 12.4 Å². The lowest BCUT2D eigenvalue weighted by atomic mass is 9.92. The Balaban J connectivity index is 2.42. The van der Waals surface area contributed by atoms with Crippen LogP contribution in [0.2, 0.25) is 0 Å². The monoisotopic (exact) mass is 238 g/mol. The molecule has 0 saturated carbocycles. The van der Waals surface area contributed by atoms with Crippen molar-refractivity contribution in [3.63, 3.8) is 0 Å². The highest BCUT2D eigenvalue weighted by molar-refractivity contribution is 5.70. The molecule has 96 valence electrons. The summed E-state index contributed by atoms with van der Waals surface area (Å²) < 4.78 is 7.35. The lowest BCUT2D eigenvalue weighted by Crippen LogP contribution is -2.23. The van der Waals surface area contributed by atoms with Gasteiger partial charge in [-0.15, -0.1) is 0 Å². The van der Waals surface area contributed by atoms with Gasteiger partial charge >= 0.3 is 5.97 Å². The summed E-state index contributed by atoms with van der Waals surface area (Å²) in [6.07, 6.45) is 3.96. The van der Waals surface area contributed by atoms with E-state index in [1.54, 1.807) is 6.20 Å². The zero-order valence-electron chi connectivity index (χ0n) is 11.4. The summed E-state index contributed by atoms with van der Waals surface area (Å²) in [6, 6.07) is 0. The predicted octanol–water partition coefficient (Wildman–Crippen LogP) is 2.56. The van der Waals surface area contributed by atoms with E-state index in [4.69, 9.17) is 4.74 Å². The Labute approximate surface area is 103 Å². The molecule has 0 aliphatic heterocycles. The molecule has 0 bridgehead atoms. The fourth-order valence-electron chi connectivity index (χ4n) is 1.61. The zero-order valence-corrected chi connectivity index (χ0v) is 11.4. The van der Waals surface area contributed by atoms with Crippen molar-refractivity contribution in [2.75, 3.05) is 0 Å². The molecule has 1 aromatic rings. The van der Waals surface area contributed by atoms with E-state index in [1.807, 2.05) is 45.4 Å². The quantitative estimate of drug-likeness (QED) is 0.757. The van der Waals surface area contributed by atoms with Crippen molar-refractivity contribution in [1.29, 1.82) is 0 Å². The molecule has 0 saturated heterocycles. The second kappa shape index (κ2) is 5.34. The Morgan fingerprint density at radius 2 is 2.18 bits per heavy atom. The lowest BCUT2D eigenvalue weighted by molar-refractivity contribution is -0.150. The number of rotatable bonds is 4. The summed E-state index contributed by atoms with van der Waals surface area (Å²) in [5, 5.41) is 0. The van der Waals surface area contributed by atoms with Crippen LogP contribution in [-0.2, 0) is 16.1 Å². The number of aryl methyl sites for hydroxylation is 1. The molecule has 0 aromatic carbocycles. The molecule has 0 fully saturated rings. The molecule has 0 amide bonds. The van der Waals surface area contributed by atoms with Crippen LogP contribution in [0.5, 0.6) is 0 Å². The first-order valence-corrected chi connectivity index (χ1v) is 5.95. The average molecular weight is 238 g/mol. The van der Waals surface area contributed by atoms with Crippen LogP contribution >= 0.6 is 0 Å². The van der Waals surface area contributed by atoms with Gasteiger partial charge in [-0.25, -0.2) is 4.98 Å². The largest absolute Gasteiger partial charge is 0.461 e. The third kappa shape index (κ3) is 5.02. The van der Waals surface area contributed by atoms with Gasteiger partial charge in [0.15, 0.2) is 0 Å². The Hall–Kier alpha value is -1.32. The Bertz CT molecular complexity index is 377. The first-order valence-electron chi connectivity index (χ1n) is 5.95. The summed E-state index contributed by atoms with van der Waals surface area (Å²) >= 11 is 0. The van der Waals surface area contributed by atoms with Crippen molar-refractivity contribution in [3.05, 3.63) is 18.2 Å². The molecule has 0 aliphatic carbocycles. The number of hydrogen-bond acceptors (Lipinski definition) is 3. The lowest BCUT2D eigenvalue weighted by Gasteiger charge is -2.20. The van der Waals surface area contributed by atoms with Gasteiger partial charge in [0.25, 0.3) is 0 Å². The Morgan fingerprint density at radius 3 is 2.65 bits per heavy atom. The van der Waals surface area contributed by atoms with Gasteiger partial charge in [-0.3, -0.25) is 4.79 Å². The summed E-state index contributed by atoms with van der Waals surface area (Å²) in [5.74, 6) is 0.798. The Kier molecular flexibility index (Phi) is 4.32. The number of aromatic nitrogens is 2. The van der Waals surface area contributed by atoms with Crippen molar-refractivity contribution >= 4 is 5.97 Å². The van der Waals surface area contributed by atoms with Crippen molar-refractivity contribution in [2.45, 2.75) is 53.7 Å². The van der Waals surface area contributed by atoms with Gasteiger partial charge in [0, 0.05) is 12.4 Å². The number of esters is 1. The minimum Gasteiger partial charge on any atom is -0.461 e. The number of ether oxygens (including phenoxy) is 1. The van der Waals surface area contributed by atoms with E-state index >= 15 is 0 Å². The molecule has 1 atom stereocenters. The molecule has 1 aromatic heterocycles. The zero-order chi connectivity index (χ0) is 13.1. The van der Waals surface area contributed by atoms with Gasteiger partial charge in [0.1, 0.15) is 11.9 Å². The molecule has 1 heterocycles. The van der Waals surface area contributed by atoms with Crippen LogP contribution in [0.1, 0.15) is 39.9 Å². The number of carbonyl (C=O) groups is 1. The predicted molar refractivity (Wildman–Crippen MR) is 66.6 cm³/mol. The molecule has 0 radical (unpaired) electrons. The van der Waals surface area contributed by atoms with Gasteiger partial charge in [0.05, 0.1) is 13.0 Å². The van der Waals surface area contributed by atoms with E-state index in [0.29, 0.717) is 13.0 Å². The molecule has 0 spiro atoms. The summed E-state index contributed by atoms with van der Waals surface area (Å²) in [7, 11) is 0. The molecule has 1 unspecified atom stereocenters. The van der Waals surface area contributed by atoms with Crippen LogP contribution in [0.3, 0.4) is 0 Å². The van der Waals surface area contributed by atoms with Crippen LogP contribution in [0.4, 0.5) is 0 Å². The summed E-state index contributed by atoms with van der Waals surface area (Å²) in [4.78, 5) is 15.8. The number of hydrogen-bond donors (Lipinski definition) is 0. The summed E-state index contributed by atoms with van der Waals surface area (Å²) in [6.45, 7) is 10.6. The molecule has 1 rings (SSSR count). The van der Waals surface area contributed by atoms with Crippen LogP contribution in [-0.4, -0.2) is 21.6 Å². The smallest absolute Gasteiger partial charge is 0.306 e. The standard InChI is InChI=1S/C13H22N2O2/c1-10(9-15-7-6-14-11(15)2)17-12(16)8-13(3,4)5/h6-7,10H,8-9H2,1-5H3. The van der Waals surface area contributed by atoms with Gasteiger partial charge in [0.2, 0.25) is 0 Å². The third-order valence-corrected chi connectivity index (χ3v) is 2.38. The molecule has 4 heteroatoms. The summed E-state index contributed by atoms with van der Waals surface area (Å²) in [5.41, 5.74) is -0.0261. The van der Waals surface area contributed by atoms with Crippen molar-refractivity contribution in [2.24, 2.45) is 5.41 Å². The molecule has 0 aliphatic rings. The normalized spacial score (nSPS) is 13.5. The maximum Gasteiger partial charge on any atom is 0.306 e. The molecule has 0 N–H and O–H groups in total. The number of nitrogens with zero attached hydrogens (tertiary/aromatic N) is 2. The number of imidazole rings is 1. The molecule has 17 heavy (non-hydrogen) atoms. The third-order valence-electron chi connectivity index (χ3n) is 2.38. The fraction of sp³-hybridized carbons (Fsp3) is 0.692. The first-order chi connectivity index (χ1) is 7.78. The maximum atomic E-state index is 11.6. The van der Waals surface area contributed by atoms with E-state index in [2.05, 4.69) is 4.98 Å². The minimum atomic E-state index is -0.136. The topological polar surface area (TPSA) is 44.1 Å². The highest BCUT2D eigenvalue weighted by atomic mass is 16.5. The SMILES string of the molecule is Cc1nccn1CC(C)OC(=O)CC(C)(C)C. The van der Waals surface area contributed by atoms with Gasteiger partial charge in [-0.2, -0.15) is 0 Å². The first kappa shape index (κ1) is 13.7. The second-order valence-corrected chi connectivity index (χ2v) is 5.66. The molecule has 4 nitrogen and oxygen atoms in total.